The van der Waals surface area contributed by atoms with Crippen LogP contribution in [0.25, 0.3) is 0 Å². The van der Waals surface area contributed by atoms with Gasteiger partial charge >= 0.3 is 0 Å². The van der Waals surface area contributed by atoms with Gasteiger partial charge in [-0.3, -0.25) is 34.4 Å². The van der Waals surface area contributed by atoms with E-state index in [1.807, 2.05) is 13.8 Å². The zero-order chi connectivity index (χ0) is 16.0. The molecule has 3 rings (SSSR count). The van der Waals surface area contributed by atoms with E-state index < -0.39 is 23.8 Å². The minimum Gasteiger partial charge on any atom is -0.295 e. The molecule has 3 heterocycles. The van der Waals surface area contributed by atoms with Crippen LogP contribution in [0.5, 0.6) is 0 Å². The van der Waals surface area contributed by atoms with Crippen LogP contribution in [0.1, 0.15) is 58.9 Å². The lowest BCUT2D eigenvalue weighted by molar-refractivity contribution is -0.136. The topological polar surface area (TPSA) is 96.4 Å². The Labute approximate surface area is 126 Å². The molecule has 0 saturated carbocycles. The lowest BCUT2D eigenvalue weighted by Crippen LogP contribution is -2.54. The van der Waals surface area contributed by atoms with Gasteiger partial charge in [0, 0.05) is 18.8 Å². The van der Waals surface area contributed by atoms with Crippen molar-refractivity contribution in [3.05, 3.63) is 29.1 Å². The molecule has 0 aromatic carbocycles. The van der Waals surface area contributed by atoms with Crippen LogP contribution in [0.2, 0.25) is 0 Å². The second-order valence-electron chi connectivity index (χ2n) is 5.75. The summed E-state index contributed by atoms with van der Waals surface area (Å²) in [5.41, 5.74) is 1.23. The summed E-state index contributed by atoms with van der Waals surface area (Å²) in [6, 6.07) is -0.940. The summed E-state index contributed by atoms with van der Waals surface area (Å²) in [6.45, 7) is 3.81. The van der Waals surface area contributed by atoms with E-state index in [0.717, 1.165) is 4.90 Å². The molecular formula is C15H15N3O4. The zero-order valence-corrected chi connectivity index (χ0v) is 12.3. The smallest absolute Gasteiger partial charge is 0.263 e. The highest BCUT2D eigenvalue weighted by atomic mass is 16.2. The first-order valence-electron chi connectivity index (χ1n) is 7.11. The molecule has 1 unspecified atom stereocenters. The van der Waals surface area contributed by atoms with Gasteiger partial charge < -0.3 is 0 Å². The van der Waals surface area contributed by atoms with Gasteiger partial charge in [-0.05, 0) is 17.9 Å². The molecule has 0 radical (unpaired) electrons. The third-order valence-electron chi connectivity index (χ3n) is 4.00. The zero-order valence-electron chi connectivity index (χ0n) is 12.3. The number of hydrogen-bond acceptors (Lipinski definition) is 5. The van der Waals surface area contributed by atoms with Gasteiger partial charge in [-0.1, -0.05) is 13.8 Å². The van der Waals surface area contributed by atoms with Crippen LogP contribution >= 0.6 is 0 Å². The number of pyridine rings is 1. The summed E-state index contributed by atoms with van der Waals surface area (Å²) in [5, 5.41) is 2.17. The third-order valence-corrected chi connectivity index (χ3v) is 4.00. The van der Waals surface area contributed by atoms with E-state index in [4.69, 9.17) is 0 Å². The minimum atomic E-state index is -0.940. The second kappa shape index (κ2) is 5.01. The molecule has 1 aromatic rings. The molecule has 1 aromatic heterocycles. The molecule has 2 aliphatic heterocycles. The van der Waals surface area contributed by atoms with Gasteiger partial charge in [-0.25, -0.2) is 0 Å². The first-order chi connectivity index (χ1) is 10.4. The Balaban J connectivity index is 2.02. The molecular weight excluding hydrogens is 286 g/mol. The second-order valence-corrected chi connectivity index (χ2v) is 5.75. The Morgan fingerprint density at radius 2 is 1.91 bits per heavy atom. The normalized spacial score (nSPS) is 21.4. The molecule has 2 aliphatic rings. The van der Waals surface area contributed by atoms with Crippen LogP contribution in [0.3, 0.4) is 0 Å². The van der Waals surface area contributed by atoms with E-state index in [0.29, 0.717) is 11.1 Å². The van der Waals surface area contributed by atoms with Gasteiger partial charge in [0.15, 0.2) is 0 Å². The largest absolute Gasteiger partial charge is 0.295 e. The highest BCUT2D eigenvalue weighted by molar-refractivity contribution is 6.23. The molecule has 1 N–H and O–H groups in total. The van der Waals surface area contributed by atoms with Crippen molar-refractivity contribution in [2.75, 3.05) is 0 Å². The number of fused-ring (bicyclic) bond motifs is 1. The first-order valence-corrected chi connectivity index (χ1v) is 7.11. The number of piperidine rings is 1. The number of amides is 4. The van der Waals surface area contributed by atoms with Gasteiger partial charge in [0.25, 0.3) is 11.8 Å². The molecule has 22 heavy (non-hydrogen) atoms. The van der Waals surface area contributed by atoms with Gasteiger partial charge in [-0.15, -0.1) is 0 Å². The predicted octanol–water partition coefficient (Wildman–Crippen LogP) is 0.606. The molecule has 0 spiro atoms. The number of nitrogens with zero attached hydrogens (tertiary/aromatic N) is 2. The fourth-order valence-corrected chi connectivity index (χ4v) is 2.87. The summed E-state index contributed by atoms with van der Waals surface area (Å²) < 4.78 is 0. The highest BCUT2D eigenvalue weighted by Crippen LogP contribution is 2.31. The summed E-state index contributed by atoms with van der Waals surface area (Å²) >= 11 is 0. The fourth-order valence-electron chi connectivity index (χ4n) is 2.87. The maximum absolute atomic E-state index is 12.7. The first kappa shape index (κ1) is 14.4. The number of carbonyl (C=O) groups excluding carboxylic acids is 4. The number of carbonyl (C=O) groups is 4. The molecule has 1 atom stereocenters. The number of rotatable bonds is 2. The van der Waals surface area contributed by atoms with Crippen molar-refractivity contribution in [2.45, 2.75) is 38.6 Å². The number of nitrogens with one attached hydrogen (secondary N) is 1. The number of imide groups is 2. The predicted molar refractivity (Wildman–Crippen MR) is 75.0 cm³/mol. The third kappa shape index (κ3) is 2.01. The molecule has 0 aliphatic carbocycles. The van der Waals surface area contributed by atoms with Gasteiger partial charge in [-0.2, -0.15) is 0 Å². The van der Waals surface area contributed by atoms with Crippen molar-refractivity contribution in [3.63, 3.8) is 0 Å². The molecule has 114 valence electrons. The van der Waals surface area contributed by atoms with E-state index in [1.165, 1.54) is 6.20 Å². The van der Waals surface area contributed by atoms with Crippen LogP contribution in [-0.2, 0) is 9.59 Å². The maximum atomic E-state index is 12.7. The van der Waals surface area contributed by atoms with Crippen molar-refractivity contribution < 1.29 is 19.2 Å². The van der Waals surface area contributed by atoms with E-state index in [9.17, 15) is 19.2 Å². The quantitative estimate of drug-likeness (QED) is 0.807. The molecule has 7 heteroatoms. The fraction of sp³-hybridized carbons (Fsp3) is 0.400. The average molecular weight is 301 g/mol. The SMILES string of the molecule is CC(C)c1cncc2c1C(=O)N(C1CCC(=O)NC1=O)C2=O. The van der Waals surface area contributed by atoms with Crippen LogP contribution in [0.15, 0.2) is 12.4 Å². The molecule has 1 fully saturated rings. The van der Waals surface area contributed by atoms with Gasteiger partial charge in [0.1, 0.15) is 6.04 Å². The van der Waals surface area contributed by atoms with E-state index in [1.54, 1.807) is 6.20 Å². The number of aromatic nitrogens is 1. The number of hydrogen-bond donors (Lipinski definition) is 1. The van der Waals surface area contributed by atoms with Crippen molar-refractivity contribution in [2.24, 2.45) is 0 Å². The maximum Gasteiger partial charge on any atom is 0.263 e. The van der Waals surface area contributed by atoms with Crippen molar-refractivity contribution in [1.29, 1.82) is 0 Å². The lowest BCUT2D eigenvalue weighted by atomic mass is 9.97. The molecule has 1 saturated heterocycles. The molecule has 4 amide bonds. The van der Waals surface area contributed by atoms with Crippen LogP contribution in [-0.4, -0.2) is 39.6 Å². The van der Waals surface area contributed by atoms with E-state index in [2.05, 4.69) is 10.3 Å². The Bertz CT molecular complexity index is 711. The van der Waals surface area contributed by atoms with Crippen LogP contribution in [0, 0.1) is 0 Å². The van der Waals surface area contributed by atoms with Crippen LogP contribution in [0.4, 0.5) is 0 Å². The van der Waals surface area contributed by atoms with Crippen LogP contribution < -0.4 is 5.32 Å². The lowest BCUT2D eigenvalue weighted by Gasteiger charge is -2.27. The Morgan fingerprint density at radius 3 is 2.55 bits per heavy atom. The van der Waals surface area contributed by atoms with Crippen molar-refractivity contribution in [1.82, 2.24) is 15.2 Å². The minimum absolute atomic E-state index is 0.0286. The standard InChI is InChI=1S/C15H15N3O4/c1-7(2)8-5-16-6-9-12(8)15(22)18(14(9)21)10-3-4-11(19)17-13(10)20/h5-7,10H,3-4H2,1-2H3,(H,17,19,20). The van der Waals surface area contributed by atoms with Gasteiger partial charge in [0.05, 0.1) is 11.1 Å². The summed E-state index contributed by atoms with van der Waals surface area (Å²) in [7, 11) is 0. The summed E-state index contributed by atoms with van der Waals surface area (Å²) in [5.74, 6) is -1.97. The molecule has 0 bridgehead atoms. The Morgan fingerprint density at radius 1 is 1.18 bits per heavy atom. The summed E-state index contributed by atoms with van der Waals surface area (Å²) in [6.07, 6.45) is 3.19. The summed E-state index contributed by atoms with van der Waals surface area (Å²) in [4.78, 5) is 53.3. The van der Waals surface area contributed by atoms with E-state index >= 15 is 0 Å². The highest BCUT2D eigenvalue weighted by Gasteiger charge is 2.45. The average Bonchev–Trinajstić information content (AvgIpc) is 2.72. The van der Waals surface area contributed by atoms with Gasteiger partial charge in [0.2, 0.25) is 11.8 Å². The Kier molecular flexibility index (Phi) is 3.27. The Hall–Kier alpha value is -2.57. The van der Waals surface area contributed by atoms with E-state index in [-0.39, 0.29) is 30.2 Å². The van der Waals surface area contributed by atoms with Crippen molar-refractivity contribution in [3.8, 4) is 0 Å². The molecule has 7 nitrogen and oxygen atoms in total. The monoisotopic (exact) mass is 301 g/mol. The van der Waals surface area contributed by atoms with Crippen molar-refractivity contribution >= 4 is 23.6 Å².